The summed E-state index contributed by atoms with van der Waals surface area (Å²) in [5.41, 5.74) is 1.90. The van der Waals surface area contributed by atoms with Gasteiger partial charge < -0.3 is 5.32 Å². The Morgan fingerprint density at radius 1 is 1.15 bits per heavy atom. The molecule has 1 atom stereocenters. The molecule has 1 aliphatic carbocycles. The second-order valence-corrected chi connectivity index (χ2v) is 6.57. The summed E-state index contributed by atoms with van der Waals surface area (Å²) >= 11 is 0. The van der Waals surface area contributed by atoms with Crippen LogP contribution in [0, 0.1) is 0 Å². The van der Waals surface area contributed by atoms with Crippen LogP contribution in [-0.4, -0.2) is 30.1 Å². The SMILES string of the molecule is CCC(c1ccccc1)N1CCNC2(CCCCC2)C1. The first-order chi connectivity index (χ1) is 9.83. The average molecular weight is 272 g/mol. The smallest absolute Gasteiger partial charge is 0.0346 e. The predicted octanol–water partition coefficient (Wildman–Crippen LogP) is 3.75. The van der Waals surface area contributed by atoms with Gasteiger partial charge in [-0.2, -0.15) is 0 Å². The number of hydrogen-bond donors (Lipinski definition) is 1. The maximum atomic E-state index is 3.85. The Hall–Kier alpha value is -0.860. The van der Waals surface area contributed by atoms with Gasteiger partial charge in [-0.1, -0.05) is 56.5 Å². The summed E-state index contributed by atoms with van der Waals surface area (Å²) in [6.07, 6.45) is 8.19. The van der Waals surface area contributed by atoms with Gasteiger partial charge in [0.2, 0.25) is 0 Å². The third-order valence-electron chi connectivity index (χ3n) is 5.23. The Bertz CT molecular complexity index is 403. The molecule has 20 heavy (non-hydrogen) atoms. The molecule has 1 aromatic carbocycles. The van der Waals surface area contributed by atoms with Crippen LogP contribution in [0.5, 0.6) is 0 Å². The molecule has 2 aliphatic rings. The number of nitrogens with zero attached hydrogens (tertiary/aromatic N) is 1. The quantitative estimate of drug-likeness (QED) is 0.901. The van der Waals surface area contributed by atoms with Crippen LogP contribution in [0.15, 0.2) is 30.3 Å². The van der Waals surface area contributed by atoms with Gasteiger partial charge in [-0.3, -0.25) is 4.90 Å². The number of hydrogen-bond acceptors (Lipinski definition) is 2. The minimum atomic E-state index is 0.415. The highest BCUT2D eigenvalue weighted by Gasteiger charge is 2.37. The Balaban J connectivity index is 1.75. The largest absolute Gasteiger partial charge is 0.309 e. The Labute approximate surface area is 123 Å². The summed E-state index contributed by atoms with van der Waals surface area (Å²) in [5, 5.41) is 3.85. The Kier molecular flexibility index (Phi) is 4.42. The van der Waals surface area contributed by atoms with Gasteiger partial charge in [0.1, 0.15) is 0 Å². The van der Waals surface area contributed by atoms with Crippen molar-refractivity contribution in [2.45, 2.75) is 57.0 Å². The first-order valence-corrected chi connectivity index (χ1v) is 8.37. The third-order valence-corrected chi connectivity index (χ3v) is 5.23. The van der Waals surface area contributed by atoms with Crippen molar-refractivity contribution in [1.29, 1.82) is 0 Å². The lowest BCUT2D eigenvalue weighted by Gasteiger charge is -2.48. The van der Waals surface area contributed by atoms with E-state index in [-0.39, 0.29) is 0 Å². The number of benzene rings is 1. The van der Waals surface area contributed by atoms with E-state index in [2.05, 4.69) is 47.5 Å². The van der Waals surface area contributed by atoms with Gasteiger partial charge >= 0.3 is 0 Å². The molecule has 0 amide bonds. The molecular formula is C18H28N2. The highest BCUT2D eigenvalue weighted by atomic mass is 15.2. The fourth-order valence-electron chi connectivity index (χ4n) is 4.20. The van der Waals surface area contributed by atoms with Gasteiger partial charge in [0.15, 0.2) is 0 Å². The zero-order chi connectivity index (χ0) is 13.8. The molecule has 1 saturated carbocycles. The van der Waals surface area contributed by atoms with Crippen LogP contribution in [0.2, 0.25) is 0 Å². The lowest BCUT2D eigenvalue weighted by atomic mass is 9.79. The van der Waals surface area contributed by atoms with Crippen molar-refractivity contribution < 1.29 is 0 Å². The third kappa shape index (κ3) is 2.91. The molecule has 1 N–H and O–H groups in total. The molecule has 1 heterocycles. The molecule has 0 bridgehead atoms. The number of piperazine rings is 1. The van der Waals surface area contributed by atoms with Crippen molar-refractivity contribution in [3.63, 3.8) is 0 Å². The average Bonchev–Trinajstić information content (AvgIpc) is 2.50. The summed E-state index contributed by atoms with van der Waals surface area (Å²) < 4.78 is 0. The summed E-state index contributed by atoms with van der Waals surface area (Å²) in [5.74, 6) is 0. The van der Waals surface area contributed by atoms with E-state index < -0.39 is 0 Å². The van der Waals surface area contributed by atoms with Crippen molar-refractivity contribution in [2.75, 3.05) is 19.6 Å². The number of nitrogens with one attached hydrogen (secondary N) is 1. The van der Waals surface area contributed by atoms with E-state index in [1.54, 1.807) is 0 Å². The van der Waals surface area contributed by atoms with Gasteiger partial charge in [0.25, 0.3) is 0 Å². The second-order valence-electron chi connectivity index (χ2n) is 6.57. The van der Waals surface area contributed by atoms with Crippen molar-refractivity contribution in [3.8, 4) is 0 Å². The Morgan fingerprint density at radius 2 is 1.90 bits per heavy atom. The molecule has 1 spiro atoms. The predicted molar refractivity (Wildman–Crippen MR) is 84.9 cm³/mol. The van der Waals surface area contributed by atoms with Crippen molar-refractivity contribution in [1.82, 2.24) is 10.2 Å². The van der Waals surface area contributed by atoms with E-state index in [1.165, 1.54) is 57.2 Å². The minimum absolute atomic E-state index is 0.415. The highest BCUT2D eigenvalue weighted by Crippen LogP contribution is 2.34. The summed E-state index contributed by atoms with van der Waals surface area (Å²) in [7, 11) is 0. The first-order valence-electron chi connectivity index (χ1n) is 8.37. The fourth-order valence-corrected chi connectivity index (χ4v) is 4.20. The molecule has 1 saturated heterocycles. The molecule has 2 heteroatoms. The van der Waals surface area contributed by atoms with E-state index >= 15 is 0 Å². The molecule has 1 aromatic rings. The molecule has 0 radical (unpaired) electrons. The van der Waals surface area contributed by atoms with E-state index in [0.717, 1.165) is 6.54 Å². The molecule has 0 aromatic heterocycles. The van der Waals surface area contributed by atoms with Crippen molar-refractivity contribution in [2.24, 2.45) is 0 Å². The van der Waals surface area contributed by atoms with Crippen LogP contribution in [-0.2, 0) is 0 Å². The molecular weight excluding hydrogens is 244 g/mol. The second kappa shape index (κ2) is 6.28. The van der Waals surface area contributed by atoms with Crippen molar-refractivity contribution in [3.05, 3.63) is 35.9 Å². The standard InChI is InChI=1S/C18H28N2/c1-2-17(16-9-5-3-6-10-16)20-14-13-19-18(15-20)11-7-4-8-12-18/h3,5-6,9-10,17,19H,2,4,7-8,11-15H2,1H3. The zero-order valence-electron chi connectivity index (χ0n) is 12.8. The van der Waals surface area contributed by atoms with E-state index in [1.807, 2.05) is 0 Å². The van der Waals surface area contributed by atoms with Crippen LogP contribution in [0.25, 0.3) is 0 Å². The number of rotatable bonds is 3. The minimum Gasteiger partial charge on any atom is -0.309 e. The van der Waals surface area contributed by atoms with Gasteiger partial charge in [-0.25, -0.2) is 0 Å². The fraction of sp³-hybridized carbons (Fsp3) is 0.667. The van der Waals surface area contributed by atoms with Crippen LogP contribution < -0.4 is 5.32 Å². The summed E-state index contributed by atoms with van der Waals surface area (Å²) in [4.78, 5) is 2.73. The monoisotopic (exact) mass is 272 g/mol. The highest BCUT2D eigenvalue weighted by molar-refractivity contribution is 5.19. The Morgan fingerprint density at radius 3 is 2.60 bits per heavy atom. The topological polar surface area (TPSA) is 15.3 Å². The van der Waals surface area contributed by atoms with Crippen LogP contribution in [0.1, 0.15) is 57.1 Å². The lowest BCUT2D eigenvalue weighted by molar-refractivity contribution is 0.0658. The van der Waals surface area contributed by atoms with Gasteiger partial charge in [0.05, 0.1) is 0 Å². The molecule has 110 valence electrons. The molecule has 2 nitrogen and oxygen atoms in total. The molecule has 1 unspecified atom stereocenters. The molecule has 2 fully saturated rings. The van der Waals surface area contributed by atoms with Crippen molar-refractivity contribution >= 4 is 0 Å². The van der Waals surface area contributed by atoms with E-state index in [4.69, 9.17) is 0 Å². The van der Waals surface area contributed by atoms with Gasteiger partial charge in [0, 0.05) is 31.2 Å². The summed E-state index contributed by atoms with van der Waals surface area (Å²) in [6, 6.07) is 11.7. The van der Waals surface area contributed by atoms with Crippen LogP contribution in [0.4, 0.5) is 0 Å². The first kappa shape index (κ1) is 14.1. The molecule has 3 rings (SSSR count). The maximum Gasteiger partial charge on any atom is 0.0346 e. The molecule has 1 aliphatic heterocycles. The van der Waals surface area contributed by atoms with E-state index in [9.17, 15) is 0 Å². The van der Waals surface area contributed by atoms with Gasteiger partial charge in [-0.15, -0.1) is 0 Å². The lowest BCUT2D eigenvalue weighted by Crippen LogP contribution is -2.61. The van der Waals surface area contributed by atoms with Gasteiger partial charge in [-0.05, 0) is 24.8 Å². The maximum absolute atomic E-state index is 3.85. The van der Waals surface area contributed by atoms with Crippen LogP contribution >= 0.6 is 0 Å². The van der Waals surface area contributed by atoms with E-state index in [0.29, 0.717) is 11.6 Å². The zero-order valence-corrected chi connectivity index (χ0v) is 12.8. The normalized spacial score (nSPS) is 24.6. The van der Waals surface area contributed by atoms with Crippen LogP contribution in [0.3, 0.4) is 0 Å². The summed E-state index contributed by atoms with van der Waals surface area (Å²) in [6.45, 7) is 5.91.